The number of thiol groups is 1. The van der Waals surface area contributed by atoms with Gasteiger partial charge in [-0.05, 0) is 17.0 Å². The molecule has 0 saturated carbocycles. The third kappa shape index (κ3) is 2.01. The van der Waals surface area contributed by atoms with E-state index < -0.39 is 10.9 Å². The van der Waals surface area contributed by atoms with Crippen molar-refractivity contribution in [2.45, 2.75) is 4.90 Å². The van der Waals surface area contributed by atoms with Crippen LogP contribution in [0.15, 0.2) is 75.8 Å². The van der Waals surface area contributed by atoms with E-state index in [9.17, 15) is 0 Å². The molecule has 0 aromatic heterocycles. The van der Waals surface area contributed by atoms with Crippen molar-refractivity contribution in [3.8, 4) is 0 Å². The highest BCUT2D eigenvalue weighted by atomic mass is 32.2. The van der Waals surface area contributed by atoms with Gasteiger partial charge in [-0.25, -0.2) is 0 Å². The summed E-state index contributed by atoms with van der Waals surface area (Å²) in [6, 6.07) is 20.7. The van der Waals surface area contributed by atoms with Gasteiger partial charge in [-0.3, -0.25) is 0 Å². The number of hydrogen-bond acceptors (Lipinski definition) is 2. The molecule has 0 aliphatic carbocycles. The number of nitrogens with zero attached hydrogens (tertiary/aromatic N) is 2. The molecule has 0 radical (unpaired) electrons. The Kier molecular flexibility index (Phi) is 2.76. The summed E-state index contributed by atoms with van der Waals surface area (Å²) in [7, 11) is -0.522. The lowest BCUT2D eigenvalue weighted by Gasteiger charge is -2.14. The molecule has 2 aromatic carbocycles. The lowest BCUT2D eigenvalue weighted by Crippen LogP contribution is -1.99. The summed E-state index contributed by atoms with van der Waals surface area (Å²) in [6.07, 6.45) is 0. The van der Waals surface area contributed by atoms with Crippen molar-refractivity contribution in [1.29, 1.82) is 0 Å². The van der Waals surface area contributed by atoms with Gasteiger partial charge in [0.25, 0.3) is 0 Å². The van der Waals surface area contributed by atoms with Gasteiger partial charge >= 0.3 is 0 Å². The van der Waals surface area contributed by atoms with Gasteiger partial charge in [0.2, 0.25) is 0 Å². The molecule has 0 amide bonds. The minimum absolute atomic E-state index is 0.522. The molecule has 1 atom stereocenters. The monoisotopic (exact) mass is 240 g/mol. The van der Waals surface area contributed by atoms with Crippen LogP contribution in [0.1, 0.15) is 5.56 Å². The van der Waals surface area contributed by atoms with E-state index in [-0.39, 0.29) is 0 Å². The molecule has 1 aliphatic heterocycles. The second-order valence-electron chi connectivity index (χ2n) is 3.73. The smallest absolute Gasteiger partial charge is 0.115 e. The summed E-state index contributed by atoms with van der Waals surface area (Å²) in [4.78, 5) is 1.30. The summed E-state index contributed by atoms with van der Waals surface area (Å²) >= 11 is 0. The topological polar surface area (TPSA) is 24.7 Å². The maximum Gasteiger partial charge on any atom is 0.115 e. The Labute approximate surface area is 103 Å². The molecule has 2 aromatic rings. The first-order chi connectivity index (χ1) is 8.45. The van der Waals surface area contributed by atoms with Crippen LogP contribution in [0.4, 0.5) is 0 Å². The van der Waals surface area contributed by atoms with Crippen LogP contribution in [0.25, 0.3) is 0 Å². The van der Waals surface area contributed by atoms with E-state index in [1.807, 2.05) is 29.8 Å². The molecule has 0 bridgehead atoms. The molecule has 17 heavy (non-hydrogen) atoms. The average molecular weight is 240 g/mol. The fraction of sp³-hybridized carbons (Fsp3) is 0. The Morgan fingerprint density at radius 2 is 1.41 bits per heavy atom. The molecular formula is C14H12N2S. The number of hydrogen-bond donors (Lipinski definition) is 1. The van der Waals surface area contributed by atoms with E-state index in [0.29, 0.717) is 0 Å². The van der Waals surface area contributed by atoms with Gasteiger partial charge in [0.1, 0.15) is 5.04 Å². The lowest BCUT2D eigenvalue weighted by atomic mass is 10.2. The molecule has 0 saturated heterocycles. The molecule has 0 N–H and O–H groups in total. The van der Waals surface area contributed by atoms with Crippen LogP contribution < -0.4 is 0 Å². The molecule has 2 nitrogen and oxygen atoms in total. The van der Waals surface area contributed by atoms with E-state index in [4.69, 9.17) is 0 Å². The van der Waals surface area contributed by atoms with Crippen molar-refractivity contribution >= 4 is 21.5 Å². The van der Waals surface area contributed by atoms with Gasteiger partial charge in [0.05, 0.1) is 5.55 Å². The Hall–Kier alpha value is -1.87. The summed E-state index contributed by atoms with van der Waals surface area (Å²) in [5, 5.41) is 9.46. The largest absolute Gasteiger partial charge is 0.152 e. The van der Waals surface area contributed by atoms with Crippen molar-refractivity contribution in [2.75, 3.05) is 0 Å². The van der Waals surface area contributed by atoms with Gasteiger partial charge in [0.15, 0.2) is 0 Å². The van der Waals surface area contributed by atoms with Crippen molar-refractivity contribution in [3.05, 3.63) is 66.2 Å². The van der Waals surface area contributed by atoms with E-state index >= 15 is 0 Å². The van der Waals surface area contributed by atoms with E-state index in [0.717, 1.165) is 5.04 Å². The van der Waals surface area contributed by atoms with Crippen LogP contribution >= 0.6 is 10.9 Å². The summed E-state index contributed by atoms with van der Waals surface area (Å²) < 4.78 is 0. The normalized spacial score (nSPS) is 20.2. The predicted octanol–water partition coefficient (Wildman–Crippen LogP) is 3.45. The summed E-state index contributed by atoms with van der Waals surface area (Å²) in [6.45, 7) is 0. The maximum atomic E-state index is 4.28. The predicted molar refractivity (Wildman–Crippen MR) is 75.2 cm³/mol. The zero-order valence-electron chi connectivity index (χ0n) is 9.19. The molecular weight excluding hydrogens is 228 g/mol. The minimum atomic E-state index is -0.522. The summed E-state index contributed by atoms with van der Waals surface area (Å²) in [5.41, 5.74) is 3.13. The Morgan fingerprint density at radius 1 is 0.765 bits per heavy atom. The molecule has 1 unspecified atom stereocenters. The zero-order chi connectivity index (χ0) is 11.5. The van der Waals surface area contributed by atoms with Gasteiger partial charge in [-0.2, -0.15) is 5.10 Å². The van der Waals surface area contributed by atoms with E-state index in [1.165, 1.54) is 10.5 Å². The minimum Gasteiger partial charge on any atom is -0.152 e. The first kappa shape index (κ1) is 10.3. The second kappa shape index (κ2) is 4.55. The lowest BCUT2D eigenvalue weighted by molar-refractivity contribution is 1.28. The Balaban J connectivity index is 1.98. The van der Waals surface area contributed by atoms with Gasteiger partial charge in [0, 0.05) is 5.56 Å². The number of rotatable bonds is 2. The molecule has 84 valence electrons. The first-order valence-electron chi connectivity index (χ1n) is 5.46. The van der Waals surface area contributed by atoms with Crippen LogP contribution in [0.3, 0.4) is 0 Å². The number of benzene rings is 2. The van der Waals surface area contributed by atoms with E-state index in [1.54, 1.807) is 0 Å². The molecule has 3 heteroatoms. The first-order valence-corrected chi connectivity index (χ1v) is 6.87. The maximum absolute atomic E-state index is 4.28. The van der Waals surface area contributed by atoms with Gasteiger partial charge in [-0.1, -0.05) is 48.5 Å². The molecule has 1 heterocycles. The highest BCUT2D eigenvalue weighted by molar-refractivity contribution is 8.40. The average Bonchev–Trinajstić information content (AvgIpc) is 2.90. The SMILES string of the molecule is C1=NN=C(c2ccccc2)[SH]1c1ccccc1. The van der Waals surface area contributed by atoms with Crippen molar-refractivity contribution in [3.63, 3.8) is 0 Å². The molecule has 3 rings (SSSR count). The summed E-state index contributed by atoms with van der Waals surface area (Å²) in [5.74, 6) is 0. The molecule has 0 spiro atoms. The zero-order valence-corrected chi connectivity index (χ0v) is 10.1. The molecule has 0 fully saturated rings. The van der Waals surface area contributed by atoms with Crippen LogP contribution in [0.5, 0.6) is 0 Å². The fourth-order valence-corrected chi connectivity index (χ4v) is 3.51. The van der Waals surface area contributed by atoms with Gasteiger partial charge in [-0.15, -0.1) is 16.0 Å². The van der Waals surface area contributed by atoms with Crippen LogP contribution in [0, 0.1) is 0 Å². The highest BCUT2D eigenvalue weighted by Crippen LogP contribution is 2.40. The third-order valence-electron chi connectivity index (χ3n) is 2.61. The third-order valence-corrected chi connectivity index (χ3v) is 4.61. The van der Waals surface area contributed by atoms with Crippen LogP contribution in [-0.4, -0.2) is 10.6 Å². The van der Waals surface area contributed by atoms with Gasteiger partial charge < -0.3 is 0 Å². The fourth-order valence-electron chi connectivity index (χ4n) is 1.80. The van der Waals surface area contributed by atoms with E-state index in [2.05, 4.69) is 46.6 Å². The standard InChI is InChI=1S/C14H12N2S/c1-3-7-12(8-4-1)14-16-15-11-17(14)13-9-5-2-6-10-13/h1-11,17H. The highest BCUT2D eigenvalue weighted by Gasteiger charge is 2.17. The van der Waals surface area contributed by atoms with Crippen molar-refractivity contribution < 1.29 is 0 Å². The van der Waals surface area contributed by atoms with Crippen LogP contribution in [0.2, 0.25) is 0 Å². The quantitative estimate of drug-likeness (QED) is 0.778. The Bertz CT molecular complexity index is 561. The second-order valence-corrected chi connectivity index (χ2v) is 5.64. The van der Waals surface area contributed by atoms with Crippen molar-refractivity contribution in [1.82, 2.24) is 0 Å². The van der Waals surface area contributed by atoms with Crippen molar-refractivity contribution in [2.24, 2.45) is 10.2 Å². The molecule has 1 aliphatic rings. The Morgan fingerprint density at radius 3 is 2.12 bits per heavy atom. The van der Waals surface area contributed by atoms with Crippen LogP contribution in [-0.2, 0) is 0 Å².